The van der Waals surface area contributed by atoms with Crippen molar-refractivity contribution in [2.45, 2.75) is 46.1 Å². The fraction of sp³-hybridized carbons (Fsp3) is 0.533. The summed E-state index contributed by atoms with van der Waals surface area (Å²) >= 11 is 0. The normalized spacial score (nSPS) is 13.6. The van der Waals surface area contributed by atoms with Gasteiger partial charge in [0.2, 0.25) is 0 Å². The number of carbonyl (C=O) groups excluding carboxylic acids is 1. The van der Waals surface area contributed by atoms with E-state index < -0.39 is 5.97 Å². The van der Waals surface area contributed by atoms with Crippen molar-refractivity contribution in [1.82, 2.24) is 10.3 Å². The van der Waals surface area contributed by atoms with Crippen LogP contribution in [0, 0.1) is 12.8 Å². The number of carboxylic acid groups (broad SMARTS) is 1. The van der Waals surface area contributed by atoms with E-state index in [9.17, 15) is 9.59 Å². The monoisotopic (exact) mass is 278 g/mol. The summed E-state index contributed by atoms with van der Waals surface area (Å²) in [7, 11) is 0. The standard InChI is InChI=1S/C15H22N2O3/c1-10(15(19)20)6-4-7-11(2)17-14(18)13-8-5-9-16-12(13)3/h5,8-11H,4,6-7H2,1-3H3,(H,17,18)(H,19,20). The third-order valence-corrected chi connectivity index (χ3v) is 3.32. The highest BCUT2D eigenvalue weighted by Crippen LogP contribution is 2.10. The largest absolute Gasteiger partial charge is 0.481 e. The summed E-state index contributed by atoms with van der Waals surface area (Å²) in [4.78, 5) is 26.8. The molecule has 1 aromatic heterocycles. The Morgan fingerprint density at radius 3 is 2.65 bits per heavy atom. The van der Waals surface area contributed by atoms with Gasteiger partial charge >= 0.3 is 5.97 Å². The Bertz CT molecular complexity index is 474. The fourth-order valence-corrected chi connectivity index (χ4v) is 1.95. The van der Waals surface area contributed by atoms with E-state index in [-0.39, 0.29) is 17.9 Å². The number of hydrogen-bond acceptors (Lipinski definition) is 3. The van der Waals surface area contributed by atoms with Crippen molar-refractivity contribution in [1.29, 1.82) is 0 Å². The molecule has 0 saturated heterocycles. The Morgan fingerprint density at radius 2 is 2.05 bits per heavy atom. The Kier molecular flexibility index (Phi) is 6.15. The van der Waals surface area contributed by atoms with Crippen molar-refractivity contribution in [2.24, 2.45) is 5.92 Å². The number of aryl methyl sites for hydroxylation is 1. The summed E-state index contributed by atoms with van der Waals surface area (Å²) in [5.41, 5.74) is 1.29. The molecule has 0 saturated carbocycles. The molecule has 0 aliphatic carbocycles. The Hall–Kier alpha value is -1.91. The molecule has 0 aromatic carbocycles. The molecule has 1 heterocycles. The van der Waals surface area contributed by atoms with Gasteiger partial charge in [-0.2, -0.15) is 0 Å². The molecule has 0 aliphatic rings. The third kappa shape index (κ3) is 4.99. The lowest BCUT2D eigenvalue weighted by molar-refractivity contribution is -0.141. The van der Waals surface area contributed by atoms with Crippen LogP contribution in [0.2, 0.25) is 0 Å². The van der Waals surface area contributed by atoms with Gasteiger partial charge < -0.3 is 10.4 Å². The van der Waals surface area contributed by atoms with Crippen LogP contribution >= 0.6 is 0 Å². The lowest BCUT2D eigenvalue weighted by Crippen LogP contribution is -2.33. The van der Waals surface area contributed by atoms with Crippen molar-refractivity contribution < 1.29 is 14.7 Å². The van der Waals surface area contributed by atoms with Gasteiger partial charge in [0.15, 0.2) is 0 Å². The SMILES string of the molecule is Cc1ncccc1C(=O)NC(C)CCCC(C)C(=O)O. The first-order valence-corrected chi connectivity index (χ1v) is 6.87. The van der Waals surface area contributed by atoms with Crippen molar-refractivity contribution in [3.05, 3.63) is 29.6 Å². The molecule has 5 heteroatoms. The first-order chi connectivity index (χ1) is 9.41. The number of rotatable bonds is 7. The van der Waals surface area contributed by atoms with Crippen LogP contribution in [0.1, 0.15) is 49.2 Å². The van der Waals surface area contributed by atoms with Crippen LogP contribution in [-0.2, 0) is 4.79 Å². The van der Waals surface area contributed by atoms with E-state index >= 15 is 0 Å². The molecule has 0 bridgehead atoms. The van der Waals surface area contributed by atoms with Gasteiger partial charge in [0.1, 0.15) is 0 Å². The first kappa shape index (κ1) is 16.1. The molecule has 0 aliphatic heterocycles. The summed E-state index contributed by atoms with van der Waals surface area (Å²) in [6.45, 7) is 5.42. The summed E-state index contributed by atoms with van der Waals surface area (Å²) in [5.74, 6) is -1.24. The number of aliphatic carboxylic acids is 1. The highest BCUT2D eigenvalue weighted by Gasteiger charge is 2.14. The maximum absolute atomic E-state index is 12.0. The van der Waals surface area contributed by atoms with E-state index in [1.807, 2.05) is 6.92 Å². The smallest absolute Gasteiger partial charge is 0.306 e. The number of carbonyl (C=O) groups is 2. The number of pyridine rings is 1. The Balaban J connectivity index is 2.39. The van der Waals surface area contributed by atoms with E-state index in [2.05, 4.69) is 10.3 Å². The zero-order valence-corrected chi connectivity index (χ0v) is 12.2. The average molecular weight is 278 g/mol. The van der Waals surface area contributed by atoms with Crippen LogP contribution in [0.25, 0.3) is 0 Å². The first-order valence-electron chi connectivity index (χ1n) is 6.87. The Morgan fingerprint density at radius 1 is 1.35 bits per heavy atom. The molecule has 0 radical (unpaired) electrons. The molecule has 1 rings (SSSR count). The lowest BCUT2D eigenvalue weighted by Gasteiger charge is -2.15. The van der Waals surface area contributed by atoms with Crippen molar-refractivity contribution >= 4 is 11.9 Å². The fourth-order valence-electron chi connectivity index (χ4n) is 1.95. The van der Waals surface area contributed by atoms with Gasteiger partial charge in [0.05, 0.1) is 11.5 Å². The van der Waals surface area contributed by atoms with Crippen LogP contribution in [0.15, 0.2) is 18.3 Å². The maximum Gasteiger partial charge on any atom is 0.306 e. The third-order valence-electron chi connectivity index (χ3n) is 3.32. The van der Waals surface area contributed by atoms with Crippen molar-refractivity contribution in [3.8, 4) is 0 Å². The highest BCUT2D eigenvalue weighted by molar-refractivity contribution is 5.95. The topological polar surface area (TPSA) is 79.3 Å². The van der Waals surface area contributed by atoms with Crippen LogP contribution < -0.4 is 5.32 Å². The zero-order valence-electron chi connectivity index (χ0n) is 12.2. The highest BCUT2D eigenvalue weighted by atomic mass is 16.4. The van der Waals surface area contributed by atoms with Gasteiger partial charge in [0.25, 0.3) is 5.91 Å². The molecule has 1 amide bonds. The molecule has 5 nitrogen and oxygen atoms in total. The summed E-state index contributed by atoms with van der Waals surface area (Å²) < 4.78 is 0. The molecule has 110 valence electrons. The van der Waals surface area contributed by atoms with Crippen molar-refractivity contribution in [3.63, 3.8) is 0 Å². The lowest BCUT2D eigenvalue weighted by atomic mass is 10.0. The molecule has 0 spiro atoms. The maximum atomic E-state index is 12.0. The second-order valence-electron chi connectivity index (χ2n) is 5.18. The van der Waals surface area contributed by atoms with Crippen LogP contribution in [0.3, 0.4) is 0 Å². The predicted octanol–water partition coefficient (Wildman–Crippen LogP) is 2.40. The second-order valence-corrected chi connectivity index (χ2v) is 5.18. The van der Waals surface area contributed by atoms with Gasteiger partial charge in [-0.3, -0.25) is 14.6 Å². The number of nitrogens with zero attached hydrogens (tertiary/aromatic N) is 1. The van der Waals surface area contributed by atoms with Gasteiger partial charge in [-0.05, 0) is 38.8 Å². The summed E-state index contributed by atoms with van der Waals surface area (Å²) in [6.07, 6.45) is 3.83. The van der Waals surface area contributed by atoms with Crippen LogP contribution in [0.5, 0.6) is 0 Å². The number of hydrogen-bond donors (Lipinski definition) is 2. The number of aromatic nitrogens is 1. The zero-order chi connectivity index (χ0) is 15.1. The minimum Gasteiger partial charge on any atom is -0.481 e. The number of amides is 1. The molecular formula is C15H22N2O3. The quantitative estimate of drug-likeness (QED) is 0.802. The molecule has 0 fully saturated rings. The summed E-state index contributed by atoms with van der Waals surface area (Å²) in [6, 6.07) is 3.50. The predicted molar refractivity (Wildman–Crippen MR) is 76.6 cm³/mol. The molecule has 2 atom stereocenters. The second kappa shape index (κ2) is 7.62. The van der Waals surface area contributed by atoms with Gasteiger partial charge in [-0.15, -0.1) is 0 Å². The average Bonchev–Trinajstić information content (AvgIpc) is 2.38. The van der Waals surface area contributed by atoms with Gasteiger partial charge in [-0.1, -0.05) is 13.3 Å². The van der Waals surface area contributed by atoms with Gasteiger partial charge in [-0.25, -0.2) is 0 Å². The molecule has 2 unspecified atom stereocenters. The number of nitrogens with one attached hydrogen (secondary N) is 1. The molecule has 2 N–H and O–H groups in total. The number of carboxylic acids is 1. The van der Waals surface area contributed by atoms with E-state index in [1.54, 1.807) is 32.2 Å². The van der Waals surface area contributed by atoms with Gasteiger partial charge in [0, 0.05) is 17.9 Å². The molecule has 20 heavy (non-hydrogen) atoms. The van der Waals surface area contributed by atoms with Crippen LogP contribution in [-0.4, -0.2) is 28.0 Å². The minimum absolute atomic E-state index is 0.0168. The van der Waals surface area contributed by atoms with E-state index in [0.29, 0.717) is 17.7 Å². The van der Waals surface area contributed by atoms with E-state index in [1.165, 1.54) is 0 Å². The van der Waals surface area contributed by atoms with E-state index in [4.69, 9.17) is 5.11 Å². The molecule has 1 aromatic rings. The summed E-state index contributed by atoms with van der Waals surface area (Å²) in [5, 5.41) is 11.7. The van der Waals surface area contributed by atoms with E-state index in [0.717, 1.165) is 12.8 Å². The Labute approximate surface area is 119 Å². The van der Waals surface area contributed by atoms with Crippen molar-refractivity contribution in [2.75, 3.05) is 0 Å². The minimum atomic E-state index is -0.771. The molecular weight excluding hydrogens is 256 g/mol. The van der Waals surface area contributed by atoms with Crippen LogP contribution in [0.4, 0.5) is 0 Å².